The van der Waals surface area contributed by atoms with Crippen LogP contribution in [0, 0.1) is 0 Å². The molecular weight excluding hydrogens is 390 g/mol. The van der Waals surface area contributed by atoms with Crippen LogP contribution in [0.2, 0.25) is 5.02 Å². The fourth-order valence-electron chi connectivity index (χ4n) is 2.78. The van der Waals surface area contributed by atoms with E-state index in [9.17, 15) is 0 Å². The summed E-state index contributed by atoms with van der Waals surface area (Å²) in [6.07, 6.45) is 5.92. The van der Waals surface area contributed by atoms with Crippen molar-refractivity contribution in [2.75, 3.05) is 5.75 Å². The van der Waals surface area contributed by atoms with Gasteiger partial charge in [0.15, 0.2) is 11.0 Å². The van der Waals surface area contributed by atoms with E-state index in [4.69, 9.17) is 16.0 Å². The predicted molar refractivity (Wildman–Crippen MR) is 114 cm³/mol. The second kappa shape index (κ2) is 8.95. The lowest BCUT2D eigenvalue weighted by atomic mass is 10.2. The van der Waals surface area contributed by atoms with Crippen molar-refractivity contribution in [3.8, 4) is 11.4 Å². The Hall–Kier alpha value is -2.76. The maximum Gasteiger partial charge on any atom is 0.192 e. The van der Waals surface area contributed by atoms with Crippen LogP contribution >= 0.6 is 23.4 Å². The Morgan fingerprint density at radius 1 is 0.964 bits per heavy atom. The van der Waals surface area contributed by atoms with E-state index in [1.54, 1.807) is 18.0 Å². The molecule has 2 aromatic carbocycles. The second-order valence-electron chi connectivity index (χ2n) is 6.10. The molecule has 0 saturated carbocycles. The van der Waals surface area contributed by atoms with Crippen LogP contribution < -0.4 is 0 Å². The first kappa shape index (κ1) is 18.6. The molecule has 0 spiro atoms. The number of hydrogen-bond donors (Lipinski definition) is 0. The molecule has 28 heavy (non-hydrogen) atoms. The van der Waals surface area contributed by atoms with E-state index in [0.717, 1.165) is 28.1 Å². The number of aromatic nitrogens is 3. The minimum atomic E-state index is 0.572. The molecule has 6 heteroatoms. The molecule has 140 valence electrons. The number of benzene rings is 2. The molecule has 0 amide bonds. The van der Waals surface area contributed by atoms with E-state index < -0.39 is 0 Å². The molecule has 0 N–H and O–H groups in total. The first-order chi connectivity index (χ1) is 13.8. The molecule has 0 aliphatic carbocycles. The Labute approximate surface area is 172 Å². The first-order valence-electron chi connectivity index (χ1n) is 8.85. The Morgan fingerprint density at radius 3 is 2.54 bits per heavy atom. The van der Waals surface area contributed by atoms with Crippen LogP contribution in [0.15, 0.2) is 88.6 Å². The van der Waals surface area contributed by atoms with E-state index in [2.05, 4.69) is 39.0 Å². The van der Waals surface area contributed by atoms with Crippen molar-refractivity contribution in [1.29, 1.82) is 0 Å². The summed E-state index contributed by atoms with van der Waals surface area (Å²) in [6, 6.07) is 21.7. The molecule has 4 nitrogen and oxygen atoms in total. The summed E-state index contributed by atoms with van der Waals surface area (Å²) >= 11 is 7.67. The minimum Gasteiger partial charge on any atom is -0.467 e. The first-order valence-corrected chi connectivity index (χ1v) is 10.2. The van der Waals surface area contributed by atoms with Crippen LogP contribution in [0.1, 0.15) is 11.3 Å². The fourth-order valence-corrected chi connectivity index (χ4v) is 3.65. The predicted octanol–water partition coefficient (Wildman–Crippen LogP) is 6.05. The quantitative estimate of drug-likeness (QED) is 0.350. The van der Waals surface area contributed by atoms with Crippen LogP contribution in [0.5, 0.6) is 0 Å². The van der Waals surface area contributed by atoms with Crippen LogP contribution in [-0.4, -0.2) is 20.5 Å². The lowest BCUT2D eigenvalue weighted by molar-refractivity contribution is 0.485. The van der Waals surface area contributed by atoms with Gasteiger partial charge in [-0.25, -0.2) is 0 Å². The number of rotatable bonds is 7. The van der Waals surface area contributed by atoms with Gasteiger partial charge in [-0.05, 0) is 42.0 Å². The Morgan fingerprint density at radius 2 is 1.79 bits per heavy atom. The zero-order valence-corrected chi connectivity index (χ0v) is 16.6. The molecule has 4 rings (SSSR count). The average Bonchev–Trinajstić information content (AvgIpc) is 3.38. The SMILES string of the molecule is Clc1ccc(-c2nnc(SC/C=C/c3ccccc3)n2Cc2ccco2)cc1. The van der Waals surface area contributed by atoms with Gasteiger partial charge in [-0.2, -0.15) is 0 Å². The van der Waals surface area contributed by atoms with E-state index in [1.807, 2.05) is 54.6 Å². The van der Waals surface area contributed by atoms with Gasteiger partial charge < -0.3 is 4.42 Å². The smallest absolute Gasteiger partial charge is 0.192 e. The highest BCUT2D eigenvalue weighted by Gasteiger charge is 2.15. The van der Waals surface area contributed by atoms with Crippen molar-refractivity contribution in [1.82, 2.24) is 14.8 Å². The summed E-state index contributed by atoms with van der Waals surface area (Å²) in [5.41, 5.74) is 2.15. The molecule has 4 aromatic rings. The molecule has 0 fully saturated rings. The van der Waals surface area contributed by atoms with E-state index in [-0.39, 0.29) is 0 Å². The third kappa shape index (κ3) is 4.55. The highest BCUT2D eigenvalue weighted by Crippen LogP contribution is 2.26. The van der Waals surface area contributed by atoms with Crippen molar-refractivity contribution in [3.05, 3.63) is 95.4 Å². The number of thioether (sulfide) groups is 1. The maximum absolute atomic E-state index is 6.02. The number of halogens is 1. The van der Waals surface area contributed by atoms with Crippen LogP contribution in [0.25, 0.3) is 17.5 Å². The maximum atomic E-state index is 6.02. The zero-order chi connectivity index (χ0) is 19.2. The van der Waals surface area contributed by atoms with Crippen molar-refractivity contribution in [2.24, 2.45) is 0 Å². The molecular formula is C22H18ClN3OS. The van der Waals surface area contributed by atoms with E-state index in [1.165, 1.54) is 5.56 Å². The third-order valence-electron chi connectivity index (χ3n) is 4.13. The summed E-state index contributed by atoms with van der Waals surface area (Å²) < 4.78 is 7.61. The molecule has 0 aliphatic rings. The third-order valence-corrected chi connectivity index (χ3v) is 5.30. The number of hydrogen-bond acceptors (Lipinski definition) is 4. The summed E-state index contributed by atoms with van der Waals surface area (Å²) in [7, 11) is 0. The van der Waals surface area contributed by atoms with Crippen LogP contribution in [-0.2, 0) is 6.54 Å². The number of nitrogens with zero attached hydrogens (tertiary/aromatic N) is 3. The van der Waals surface area contributed by atoms with Gasteiger partial charge in [-0.15, -0.1) is 10.2 Å². The average molecular weight is 408 g/mol. The van der Waals surface area contributed by atoms with E-state index in [0.29, 0.717) is 11.6 Å². The lowest BCUT2D eigenvalue weighted by Gasteiger charge is -2.08. The minimum absolute atomic E-state index is 0.572. The molecule has 0 saturated heterocycles. The normalized spacial score (nSPS) is 11.3. The van der Waals surface area contributed by atoms with Crippen molar-refractivity contribution >= 4 is 29.4 Å². The summed E-state index contributed by atoms with van der Waals surface area (Å²) in [5, 5.41) is 10.4. The zero-order valence-electron chi connectivity index (χ0n) is 15.0. The van der Waals surface area contributed by atoms with Gasteiger partial charge in [0.05, 0.1) is 12.8 Å². The highest BCUT2D eigenvalue weighted by atomic mass is 35.5. The molecule has 2 aromatic heterocycles. The topological polar surface area (TPSA) is 43.9 Å². The monoisotopic (exact) mass is 407 g/mol. The number of furan rings is 1. The standard InChI is InChI=1S/C22H18ClN3OS/c23-19-12-10-18(11-13-19)21-24-25-22(26(21)16-20-9-4-14-27-20)28-15-5-8-17-6-2-1-3-7-17/h1-14H,15-16H2/b8-5+. The van der Waals surface area contributed by atoms with Crippen molar-refractivity contribution < 1.29 is 4.42 Å². The van der Waals surface area contributed by atoms with Gasteiger partial charge in [0.1, 0.15) is 5.76 Å². The largest absolute Gasteiger partial charge is 0.467 e. The van der Waals surface area contributed by atoms with E-state index >= 15 is 0 Å². The molecule has 0 unspecified atom stereocenters. The molecule has 2 heterocycles. The fraction of sp³-hybridized carbons (Fsp3) is 0.0909. The van der Waals surface area contributed by atoms with Crippen molar-refractivity contribution in [2.45, 2.75) is 11.7 Å². The lowest BCUT2D eigenvalue weighted by Crippen LogP contribution is -2.03. The molecule has 0 aliphatic heterocycles. The van der Waals surface area contributed by atoms with Gasteiger partial charge in [-0.1, -0.05) is 65.8 Å². The summed E-state index contributed by atoms with van der Waals surface area (Å²) in [4.78, 5) is 0. The Balaban J connectivity index is 1.56. The van der Waals surface area contributed by atoms with Gasteiger partial charge in [0.2, 0.25) is 0 Å². The molecule has 0 radical (unpaired) electrons. The van der Waals surface area contributed by atoms with Gasteiger partial charge in [0.25, 0.3) is 0 Å². The Kier molecular flexibility index (Phi) is 5.95. The second-order valence-corrected chi connectivity index (χ2v) is 7.53. The van der Waals surface area contributed by atoms with Gasteiger partial charge >= 0.3 is 0 Å². The van der Waals surface area contributed by atoms with Gasteiger partial charge in [0, 0.05) is 16.3 Å². The summed E-state index contributed by atoms with van der Waals surface area (Å²) in [5.74, 6) is 2.45. The van der Waals surface area contributed by atoms with Crippen LogP contribution in [0.3, 0.4) is 0 Å². The van der Waals surface area contributed by atoms with Crippen LogP contribution in [0.4, 0.5) is 0 Å². The highest BCUT2D eigenvalue weighted by molar-refractivity contribution is 7.99. The molecule has 0 atom stereocenters. The Bertz CT molecular complexity index is 1040. The van der Waals surface area contributed by atoms with Crippen molar-refractivity contribution in [3.63, 3.8) is 0 Å². The summed E-state index contributed by atoms with van der Waals surface area (Å²) in [6.45, 7) is 0.572. The van der Waals surface area contributed by atoms with Gasteiger partial charge in [-0.3, -0.25) is 4.57 Å². The molecule has 0 bridgehead atoms.